The van der Waals surface area contributed by atoms with Gasteiger partial charge in [0.15, 0.2) is 3.79 Å². The zero-order valence-electron chi connectivity index (χ0n) is 10.4. The Morgan fingerprint density at radius 2 is 1.59 bits per heavy atom. The van der Waals surface area contributed by atoms with Crippen LogP contribution < -0.4 is 0 Å². The Morgan fingerprint density at radius 3 is 2.18 bits per heavy atom. The van der Waals surface area contributed by atoms with E-state index in [-0.39, 0.29) is 5.38 Å². The van der Waals surface area contributed by atoms with Gasteiger partial charge in [0.1, 0.15) is 0 Å². The highest BCUT2D eigenvalue weighted by Crippen LogP contribution is 2.32. The maximum Gasteiger partial charge on any atom is 0.192 e. The Bertz CT molecular complexity index is 170. The molecule has 0 spiro atoms. The summed E-state index contributed by atoms with van der Waals surface area (Å²) in [6, 6.07) is 0. The third-order valence-corrected chi connectivity index (χ3v) is 3.14. The molecule has 1 atom stereocenters. The number of hydrogen-bond acceptors (Lipinski definition) is 1. The van der Waals surface area contributed by atoms with E-state index >= 15 is 0 Å². The predicted octanol–water partition coefficient (Wildman–Crippen LogP) is 5.73. The number of hydrogen-bond donors (Lipinski definition) is 0. The van der Waals surface area contributed by atoms with Crippen molar-refractivity contribution in [3.05, 3.63) is 0 Å². The molecule has 0 aromatic heterocycles. The zero-order valence-corrected chi connectivity index (χ0v) is 13.4. The van der Waals surface area contributed by atoms with Gasteiger partial charge in [-0.05, 0) is 6.42 Å². The highest BCUT2D eigenvalue weighted by atomic mass is 35.6. The van der Waals surface area contributed by atoms with Crippen LogP contribution >= 0.6 is 46.4 Å². The van der Waals surface area contributed by atoms with E-state index in [9.17, 15) is 0 Å². The fourth-order valence-corrected chi connectivity index (χ4v) is 2.62. The van der Waals surface area contributed by atoms with Gasteiger partial charge in [-0.3, -0.25) is 0 Å². The third kappa shape index (κ3) is 15.1. The molecule has 104 valence electrons. The summed E-state index contributed by atoms with van der Waals surface area (Å²) in [4.78, 5) is 0. The first-order chi connectivity index (χ1) is 7.95. The summed E-state index contributed by atoms with van der Waals surface area (Å²) in [6.07, 6.45) is 7.83. The fourth-order valence-electron chi connectivity index (χ4n) is 1.51. The van der Waals surface area contributed by atoms with Crippen molar-refractivity contribution < 1.29 is 4.74 Å². The number of unbranched alkanes of at least 4 members (excludes halogenated alkanes) is 5. The predicted molar refractivity (Wildman–Crippen MR) is 78.7 cm³/mol. The van der Waals surface area contributed by atoms with Crippen LogP contribution in [-0.2, 0) is 4.74 Å². The van der Waals surface area contributed by atoms with E-state index in [4.69, 9.17) is 51.1 Å². The van der Waals surface area contributed by atoms with Gasteiger partial charge < -0.3 is 4.74 Å². The first kappa shape index (κ1) is 18.1. The maximum atomic E-state index is 5.97. The lowest BCUT2D eigenvalue weighted by Gasteiger charge is -2.15. The van der Waals surface area contributed by atoms with Crippen LogP contribution in [0, 0.1) is 0 Å². The monoisotopic (exact) mass is 322 g/mol. The van der Waals surface area contributed by atoms with E-state index < -0.39 is 3.79 Å². The van der Waals surface area contributed by atoms with E-state index in [0.29, 0.717) is 13.0 Å². The molecule has 0 radical (unpaired) electrons. The van der Waals surface area contributed by atoms with Crippen LogP contribution in [0.25, 0.3) is 0 Å². The van der Waals surface area contributed by atoms with E-state index in [1.54, 1.807) is 0 Å². The summed E-state index contributed by atoms with van der Waals surface area (Å²) >= 11 is 22.9. The molecule has 1 nitrogen and oxygen atoms in total. The van der Waals surface area contributed by atoms with E-state index in [2.05, 4.69) is 6.92 Å². The molecule has 0 saturated carbocycles. The summed E-state index contributed by atoms with van der Waals surface area (Å²) in [7, 11) is 0. The van der Waals surface area contributed by atoms with Gasteiger partial charge in [0.2, 0.25) is 0 Å². The lowest BCUT2D eigenvalue weighted by molar-refractivity contribution is 0.128. The topological polar surface area (TPSA) is 9.23 Å². The van der Waals surface area contributed by atoms with E-state index in [0.717, 1.165) is 13.0 Å². The van der Waals surface area contributed by atoms with Gasteiger partial charge in [-0.2, -0.15) is 0 Å². The molecule has 1 unspecified atom stereocenters. The van der Waals surface area contributed by atoms with Crippen molar-refractivity contribution in [1.82, 2.24) is 0 Å². The molecular weight excluding hydrogens is 302 g/mol. The molecule has 0 aliphatic heterocycles. The quantitative estimate of drug-likeness (QED) is 0.368. The van der Waals surface area contributed by atoms with Crippen LogP contribution in [0.15, 0.2) is 0 Å². The fraction of sp³-hybridized carbons (Fsp3) is 1.00. The Balaban J connectivity index is 3.22. The molecule has 0 saturated heterocycles. The lowest BCUT2D eigenvalue weighted by atomic mass is 10.1. The molecule has 0 aromatic carbocycles. The highest BCUT2D eigenvalue weighted by Gasteiger charge is 2.24. The van der Waals surface area contributed by atoms with Crippen molar-refractivity contribution in [2.75, 3.05) is 13.2 Å². The standard InChI is InChI=1S/C12H22Cl4O/c1-2-3-4-5-6-7-8-17-10-11(13)9-12(14,15)16/h11H,2-10H2,1H3. The number of rotatable bonds is 10. The van der Waals surface area contributed by atoms with Crippen molar-refractivity contribution in [3.8, 4) is 0 Å². The van der Waals surface area contributed by atoms with Crippen molar-refractivity contribution in [2.45, 2.75) is 61.0 Å². The third-order valence-electron chi connectivity index (χ3n) is 2.39. The largest absolute Gasteiger partial charge is 0.380 e. The molecule has 5 heteroatoms. The maximum absolute atomic E-state index is 5.97. The highest BCUT2D eigenvalue weighted by molar-refractivity contribution is 6.67. The van der Waals surface area contributed by atoms with Gasteiger partial charge in [0.25, 0.3) is 0 Å². The summed E-state index contributed by atoms with van der Waals surface area (Å²) in [5.41, 5.74) is 0. The summed E-state index contributed by atoms with van der Waals surface area (Å²) in [5, 5.41) is -0.234. The molecule has 0 N–H and O–H groups in total. The summed E-state index contributed by atoms with van der Waals surface area (Å²) in [5.74, 6) is 0. The first-order valence-electron chi connectivity index (χ1n) is 6.24. The molecule has 0 aromatic rings. The van der Waals surface area contributed by atoms with Crippen LogP contribution in [0.3, 0.4) is 0 Å². The minimum Gasteiger partial charge on any atom is -0.380 e. The van der Waals surface area contributed by atoms with Gasteiger partial charge >= 0.3 is 0 Å². The SMILES string of the molecule is CCCCCCCCOCC(Cl)CC(Cl)(Cl)Cl. The first-order valence-corrected chi connectivity index (χ1v) is 7.81. The Hall–Kier alpha value is 1.12. The molecule has 0 amide bonds. The van der Waals surface area contributed by atoms with Gasteiger partial charge in [0, 0.05) is 13.0 Å². The van der Waals surface area contributed by atoms with Crippen molar-refractivity contribution in [1.29, 1.82) is 0 Å². The molecule has 0 heterocycles. The average Bonchev–Trinajstić information content (AvgIpc) is 2.19. The molecular formula is C12H22Cl4O. The van der Waals surface area contributed by atoms with Crippen LogP contribution in [0.4, 0.5) is 0 Å². The number of halogens is 4. The minimum atomic E-state index is -1.28. The molecule has 0 rings (SSSR count). The second-order valence-corrected chi connectivity index (χ2v) is 7.39. The number of alkyl halides is 4. The van der Waals surface area contributed by atoms with Crippen molar-refractivity contribution in [2.24, 2.45) is 0 Å². The lowest BCUT2D eigenvalue weighted by Crippen LogP contribution is -2.17. The molecule has 0 aliphatic rings. The van der Waals surface area contributed by atoms with E-state index in [1.165, 1.54) is 32.1 Å². The average molecular weight is 324 g/mol. The van der Waals surface area contributed by atoms with Crippen LogP contribution in [0.1, 0.15) is 51.9 Å². The van der Waals surface area contributed by atoms with Gasteiger partial charge in [-0.25, -0.2) is 0 Å². The molecule has 0 bridgehead atoms. The molecule has 0 fully saturated rings. The molecule has 0 aliphatic carbocycles. The normalized spacial score (nSPS) is 13.9. The second-order valence-electron chi connectivity index (χ2n) is 4.26. The van der Waals surface area contributed by atoms with Gasteiger partial charge in [-0.15, -0.1) is 11.6 Å². The van der Waals surface area contributed by atoms with Crippen LogP contribution in [-0.4, -0.2) is 22.4 Å². The van der Waals surface area contributed by atoms with Crippen molar-refractivity contribution >= 4 is 46.4 Å². The smallest absolute Gasteiger partial charge is 0.192 e. The second kappa shape index (κ2) is 11.0. The Morgan fingerprint density at radius 1 is 1.00 bits per heavy atom. The van der Waals surface area contributed by atoms with Gasteiger partial charge in [-0.1, -0.05) is 73.8 Å². The van der Waals surface area contributed by atoms with Gasteiger partial charge in [0.05, 0.1) is 12.0 Å². The minimum absolute atomic E-state index is 0.234. The van der Waals surface area contributed by atoms with Crippen LogP contribution in [0.2, 0.25) is 0 Å². The van der Waals surface area contributed by atoms with Crippen LogP contribution in [0.5, 0.6) is 0 Å². The summed E-state index contributed by atoms with van der Waals surface area (Å²) in [6.45, 7) is 3.41. The Labute approximate surface area is 125 Å². The summed E-state index contributed by atoms with van der Waals surface area (Å²) < 4.78 is 4.16. The van der Waals surface area contributed by atoms with E-state index in [1.807, 2.05) is 0 Å². The Kier molecular flexibility index (Phi) is 11.7. The van der Waals surface area contributed by atoms with Crippen molar-refractivity contribution in [3.63, 3.8) is 0 Å². The number of ether oxygens (including phenoxy) is 1. The molecule has 17 heavy (non-hydrogen) atoms. The zero-order chi connectivity index (χ0) is 13.1.